The Morgan fingerprint density at radius 1 is 1.35 bits per heavy atom. The number of halogens is 2. The van der Waals surface area contributed by atoms with E-state index in [-0.39, 0.29) is 16.9 Å². The molecule has 0 spiro atoms. The Bertz CT molecular complexity index is 509. The maximum Gasteiger partial charge on any atom is 0.233 e. The molecule has 0 amide bonds. The van der Waals surface area contributed by atoms with Crippen LogP contribution in [0.1, 0.15) is 20.8 Å². The predicted molar refractivity (Wildman–Crippen MR) is 71.0 cm³/mol. The van der Waals surface area contributed by atoms with Crippen molar-refractivity contribution in [3.8, 4) is 0 Å². The Labute approximate surface area is 110 Å². The van der Waals surface area contributed by atoms with Crippen LogP contribution in [0, 0.1) is 11.2 Å². The van der Waals surface area contributed by atoms with Gasteiger partial charge in [-0.2, -0.15) is 0 Å². The topological polar surface area (TPSA) is 46.2 Å². The van der Waals surface area contributed by atoms with E-state index in [1.165, 1.54) is 12.1 Å². The quantitative estimate of drug-likeness (QED) is 0.926. The fraction of sp³-hybridized carbons (Fsp3) is 0.455. The molecular weight excluding hydrogens is 309 g/mol. The van der Waals surface area contributed by atoms with E-state index in [0.29, 0.717) is 4.47 Å². The van der Waals surface area contributed by atoms with Gasteiger partial charge in [0, 0.05) is 4.47 Å². The van der Waals surface area contributed by atoms with Crippen LogP contribution >= 0.6 is 15.9 Å². The first kappa shape index (κ1) is 14.4. The van der Waals surface area contributed by atoms with E-state index in [0.717, 1.165) is 0 Å². The number of anilines is 1. The third kappa shape index (κ3) is 5.04. The van der Waals surface area contributed by atoms with Crippen molar-refractivity contribution in [1.82, 2.24) is 0 Å². The molecule has 96 valence electrons. The van der Waals surface area contributed by atoms with Crippen LogP contribution in [-0.4, -0.2) is 14.2 Å². The van der Waals surface area contributed by atoms with Gasteiger partial charge in [-0.3, -0.25) is 4.72 Å². The first-order valence-corrected chi connectivity index (χ1v) is 7.49. The molecule has 1 aromatic carbocycles. The van der Waals surface area contributed by atoms with Gasteiger partial charge >= 0.3 is 0 Å². The van der Waals surface area contributed by atoms with Gasteiger partial charge in [0.05, 0.1) is 11.4 Å². The highest BCUT2D eigenvalue weighted by Crippen LogP contribution is 2.22. The molecule has 1 aromatic rings. The minimum Gasteiger partial charge on any atom is -0.281 e. The molecule has 0 fully saturated rings. The van der Waals surface area contributed by atoms with Crippen LogP contribution in [0.25, 0.3) is 0 Å². The van der Waals surface area contributed by atoms with Crippen molar-refractivity contribution < 1.29 is 12.8 Å². The molecule has 0 saturated heterocycles. The minimum absolute atomic E-state index is 0.0301. The molecule has 1 N–H and O–H groups in total. The molecule has 0 bridgehead atoms. The lowest BCUT2D eigenvalue weighted by atomic mass is 10.0. The Kier molecular flexibility index (Phi) is 4.19. The van der Waals surface area contributed by atoms with E-state index < -0.39 is 15.8 Å². The molecule has 0 aromatic heterocycles. The van der Waals surface area contributed by atoms with Gasteiger partial charge in [-0.05, 0) is 23.6 Å². The van der Waals surface area contributed by atoms with E-state index in [1.54, 1.807) is 6.07 Å². The van der Waals surface area contributed by atoms with Crippen LogP contribution in [0.3, 0.4) is 0 Å². The van der Waals surface area contributed by atoms with Crippen molar-refractivity contribution in [2.75, 3.05) is 10.5 Å². The summed E-state index contributed by atoms with van der Waals surface area (Å²) in [6.07, 6.45) is 0. The molecule has 0 aliphatic rings. The highest BCUT2D eigenvalue weighted by atomic mass is 79.9. The minimum atomic E-state index is -3.53. The molecule has 0 heterocycles. The summed E-state index contributed by atoms with van der Waals surface area (Å²) in [6.45, 7) is 5.43. The van der Waals surface area contributed by atoms with Crippen LogP contribution in [-0.2, 0) is 10.0 Å². The molecule has 6 heteroatoms. The van der Waals surface area contributed by atoms with E-state index >= 15 is 0 Å². The highest BCUT2D eigenvalue weighted by Gasteiger charge is 2.22. The van der Waals surface area contributed by atoms with E-state index in [1.807, 2.05) is 20.8 Å². The van der Waals surface area contributed by atoms with Crippen molar-refractivity contribution in [2.24, 2.45) is 5.41 Å². The molecule has 3 nitrogen and oxygen atoms in total. The SMILES string of the molecule is CC(C)(C)CS(=O)(=O)Nc1ccc(Br)cc1F. The average Bonchev–Trinajstić information content (AvgIpc) is 2.05. The van der Waals surface area contributed by atoms with Crippen LogP contribution < -0.4 is 4.72 Å². The lowest BCUT2D eigenvalue weighted by molar-refractivity contribution is 0.463. The maximum absolute atomic E-state index is 13.5. The van der Waals surface area contributed by atoms with E-state index in [2.05, 4.69) is 20.7 Å². The summed E-state index contributed by atoms with van der Waals surface area (Å²) in [4.78, 5) is 0. The van der Waals surface area contributed by atoms with Crippen molar-refractivity contribution in [3.63, 3.8) is 0 Å². The fourth-order valence-corrected chi connectivity index (χ4v) is 3.39. The van der Waals surface area contributed by atoms with Gasteiger partial charge in [-0.15, -0.1) is 0 Å². The highest BCUT2D eigenvalue weighted by molar-refractivity contribution is 9.10. The first-order valence-electron chi connectivity index (χ1n) is 5.05. The summed E-state index contributed by atoms with van der Waals surface area (Å²) < 4.78 is 39.8. The second kappa shape index (κ2) is 4.94. The van der Waals surface area contributed by atoms with Crippen LogP contribution in [0.15, 0.2) is 22.7 Å². The largest absolute Gasteiger partial charge is 0.281 e. The molecule has 0 unspecified atom stereocenters. The van der Waals surface area contributed by atoms with Gasteiger partial charge < -0.3 is 0 Å². The fourth-order valence-electron chi connectivity index (χ4n) is 1.35. The second-order valence-electron chi connectivity index (χ2n) is 5.05. The van der Waals surface area contributed by atoms with E-state index in [4.69, 9.17) is 0 Å². The van der Waals surface area contributed by atoms with Crippen LogP contribution in [0.5, 0.6) is 0 Å². The van der Waals surface area contributed by atoms with Gasteiger partial charge in [0.25, 0.3) is 0 Å². The Hall–Kier alpha value is -0.620. The van der Waals surface area contributed by atoms with E-state index in [9.17, 15) is 12.8 Å². The summed E-state index contributed by atoms with van der Waals surface area (Å²) in [5.74, 6) is -0.660. The number of rotatable bonds is 3. The predicted octanol–water partition coefficient (Wildman–Crippen LogP) is 3.38. The summed E-state index contributed by atoms with van der Waals surface area (Å²) in [7, 11) is -3.53. The summed E-state index contributed by atoms with van der Waals surface area (Å²) in [5.41, 5.74) is -0.407. The van der Waals surface area contributed by atoms with Crippen molar-refractivity contribution in [2.45, 2.75) is 20.8 Å². The number of hydrogen-bond acceptors (Lipinski definition) is 2. The number of nitrogens with one attached hydrogen (secondary N) is 1. The molecular formula is C11H15BrFNO2S. The van der Waals surface area contributed by atoms with Crippen LogP contribution in [0.4, 0.5) is 10.1 Å². The van der Waals surface area contributed by atoms with Gasteiger partial charge in [0.2, 0.25) is 10.0 Å². The molecule has 0 aliphatic heterocycles. The van der Waals surface area contributed by atoms with Gasteiger partial charge in [0.15, 0.2) is 0 Å². The van der Waals surface area contributed by atoms with Crippen molar-refractivity contribution >= 4 is 31.6 Å². The number of benzene rings is 1. The third-order valence-electron chi connectivity index (χ3n) is 1.82. The zero-order valence-electron chi connectivity index (χ0n) is 9.92. The summed E-state index contributed by atoms with van der Waals surface area (Å²) >= 11 is 3.11. The van der Waals surface area contributed by atoms with Crippen molar-refractivity contribution in [1.29, 1.82) is 0 Å². The average molecular weight is 324 g/mol. The maximum atomic E-state index is 13.5. The normalized spacial score (nSPS) is 12.5. The number of hydrogen-bond donors (Lipinski definition) is 1. The molecule has 0 atom stereocenters. The zero-order valence-corrected chi connectivity index (χ0v) is 12.3. The molecule has 0 saturated carbocycles. The van der Waals surface area contributed by atoms with Gasteiger partial charge in [-0.25, -0.2) is 12.8 Å². The van der Waals surface area contributed by atoms with Gasteiger partial charge in [0.1, 0.15) is 5.82 Å². The first-order chi connectivity index (χ1) is 7.59. The lowest BCUT2D eigenvalue weighted by Crippen LogP contribution is -2.26. The molecule has 1 rings (SSSR count). The van der Waals surface area contributed by atoms with Crippen LogP contribution in [0.2, 0.25) is 0 Å². The Morgan fingerprint density at radius 2 is 1.94 bits per heavy atom. The Balaban J connectivity index is 2.91. The summed E-state index contributed by atoms with van der Waals surface area (Å²) in [5, 5.41) is 0. The monoisotopic (exact) mass is 323 g/mol. The van der Waals surface area contributed by atoms with Crippen molar-refractivity contribution in [3.05, 3.63) is 28.5 Å². The summed E-state index contributed by atoms with van der Waals surface area (Å²) in [6, 6.07) is 4.19. The zero-order chi connectivity index (χ0) is 13.3. The third-order valence-corrected chi connectivity index (χ3v) is 4.09. The Morgan fingerprint density at radius 3 is 2.41 bits per heavy atom. The van der Waals surface area contributed by atoms with Gasteiger partial charge in [-0.1, -0.05) is 36.7 Å². The lowest BCUT2D eigenvalue weighted by Gasteiger charge is -2.19. The standard InChI is InChI=1S/C11H15BrFNO2S/c1-11(2,3)7-17(15,16)14-10-5-4-8(12)6-9(10)13/h4-6,14H,7H2,1-3H3. The molecule has 0 aliphatic carbocycles. The molecule has 0 radical (unpaired) electrons. The molecule has 17 heavy (non-hydrogen) atoms. The second-order valence-corrected chi connectivity index (χ2v) is 7.68. The number of sulfonamides is 1. The smallest absolute Gasteiger partial charge is 0.233 e.